The highest BCUT2D eigenvalue weighted by atomic mass is 79.9. The molecule has 0 amide bonds. The Morgan fingerprint density at radius 2 is 1.70 bits per heavy atom. The van der Waals surface area contributed by atoms with E-state index in [1.807, 2.05) is 11.8 Å². The second kappa shape index (κ2) is 5.09. The smallest absolute Gasteiger partial charge is 0.0339 e. The van der Waals surface area contributed by atoms with Crippen LogP contribution in [0, 0.1) is 6.92 Å². The molecule has 0 aromatic heterocycles. The largest absolute Gasteiger partial charge is 0.115 e. The van der Waals surface area contributed by atoms with E-state index in [0.717, 1.165) is 4.47 Å². The van der Waals surface area contributed by atoms with E-state index in [2.05, 4.69) is 85.2 Å². The van der Waals surface area contributed by atoms with E-state index in [4.69, 9.17) is 0 Å². The van der Waals surface area contributed by atoms with Crippen molar-refractivity contribution in [1.29, 1.82) is 0 Å². The lowest BCUT2D eigenvalue weighted by molar-refractivity contribution is 0.891. The maximum Gasteiger partial charge on any atom is 0.0339 e. The Hall–Kier alpha value is -0.990. The summed E-state index contributed by atoms with van der Waals surface area (Å²) in [7, 11) is 0. The first kappa shape index (κ1) is 14.0. The van der Waals surface area contributed by atoms with Crippen LogP contribution in [0.4, 0.5) is 0 Å². The van der Waals surface area contributed by atoms with E-state index >= 15 is 0 Å². The zero-order chi connectivity index (χ0) is 14.3. The first-order chi connectivity index (χ1) is 9.44. The van der Waals surface area contributed by atoms with Crippen molar-refractivity contribution in [3.05, 3.63) is 69.7 Å². The summed E-state index contributed by atoms with van der Waals surface area (Å²) in [4.78, 5) is 1.36. The number of fused-ring (bicyclic) bond motifs is 1. The van der Waals surface area contributed by atoms with E-state index < -0.39 is 0 Å². The fourth-order valence-corrected chi connectivity index (χ4v) is 4.03. The van der Waals surface area contributed by atoms with E-state index in [-0.39, 0.29) is 4.75 Å². The molecule has 1 aliphatic heterocycles. The molecule has 0 fully saturated rings. The molecule has 0 aliphatic carbocycles. The molecule has 0 unspecified atom stereocenters. The van der Waals surface area contributed by atoms with Crippen LogP contribution >= 0.6 is 27.7 Å². The molecule has 0 spiro atoms. The summed E-state index contributed by atoms with van der Waals surface area (Å²) in [6, 6.07) is 15.4. The monoisotopic (exact) mass is 344 g/mol. The third-order valence-corrected chi connectivity index (χ3v) is 5.17. The molecule has 102 valence electrons. The van der Waals surface area contributed by atoms with Crippen molar-refractivity contribution in [2.24, 2.45) is 0 Å². The topological polar surface area (TPSA) is 0 Å². The second-order valence-electron chi connectivity index (χ2n) is 5.77. The number of halogens is 1. The Balaban J connectivity index is 2.19. The van der Waals surface area contributed by atoms with Gasteiger partial charge < -0.3 is 0 Å². The van der Waals surface area contributed by atoms with Crippen LogP contribution in [0.2, 0.25) is 0 Å². The molecule has 3 rings (SSSR count). The van der Waals surface area contributed by atoms with Crippen molar-refractivity contribution < 1.29 is 0 Å². The summed E-state index contributed by atoms with van der Waals surface area (Å²) in [5.41, 5.74) is 5.26. The lowest BCUT2D eigenvalue weighted by atomic mass is 9.93. The standard InChI is InChI=1S/C18H17BrS/c1-12-4-6-13(7-5-12)16-11-18(2,3)20-17-9-8-14(19)10-15(16)17/h4-11H,1-3H3. The van der Waals surface area contributed by atoms with Crippen molar-refractivity contribution in [3.63, 3.8) is 0 Å². The van der Waals surface area contributed by atoms with Crippen LogP contribution in [0.15, 0.2) is 57.9 Å². The van der Waals surface area contributed by atoms with E-state index in [9.17, 15) is 0 Å². The van der Waals surface area contributed by atoms with Gasteiger partial charge in [-0.05, 0) is 55.7 Å². The number of thioether (sulfide) groups is 1. The number of hydrogen-bond donors (Lipinski definition) is 0. The van der Waals surface area contributed by atoms with Gasteiger partial charge in [0.1, 0.15) is 0 Å². The third kappa shape index (κ3) is 2.72. The maximum absolute atomic E-state index is 3.59. The molecule has 2 aromatic carbocycles. The van der Waals surface area contributed by atoms with Gasteiger partial charge in [-0.2, -0.15) is 0 Å². The quantitative estimate of drug-likeness (QED) is 0.604. The minimum Gasteiger partial charge on any atom is -0.115 e. The van der Waals surface area contributed by atoms with Crippen LogP contribution in [-0.2, 0) is 0 Å². The van der Waals surface area contributed by atoms with Crippen molar-refractivity contribution >= 4 is 33.3 Å². The van der Waals surface area contributed by atoms with Gasteiger partial charge in [0.15, 0.2) is 0 Å². The highest BCUT2D eigenvalue weighted by Crippen LogP contribution is 2.46. The van der Waals surface area contributed by atoms with Gasteiger partial charge in [-0.15, -0.1) is 11.8 Å². The van der Waals surface area contributed by atoms with Crippen LogP contribution in [0.25, 0.3) is 5.57 Å². The fourth-order valence-electron chi connectivity index (χ4n) is 2.51. The van der Waals surface area contributed by atoms with Crippen LogP contribution in [0.5, 0.6) is 0 Å². The van der Waals surface area contributed by atoms with Crippen molar-refractivity contribution in [1.82, 2.24) is 0 Å². The molecule has 0 bridgehead atoms. The van der Waals surface area contributed by atoms with E-state index in [0.29, 0.717) is 0 Å². The average molecular weight is 345 g/mol. The molecule has 20 heavy (non-hydrogen) atoms. The first-order valence-electron chi connectivity index (χ1n) is 6.73. The zero-order valence-corrected chi connectivity index (χ0v) is 14.3. The van der Waals surface area contributed by atoms with Crippen LogP contribution in [0.3, 0.4) is 0 Å². The molecule has 1 aliphatic rings. The molecule has 0 saturated carbocycles. The Labute approximate surface area is 133 Å². The van der Waals surface area contributed by atoms with Gasteiger partial charge in [-0.3, -0.25) is 0 Å². The van der Waals surface area contributed by atoms with Gasteiger partial charge in [-0.1, -0.05) is 51.8 Å². The minimum atomic E-state index is 0.126. The third-order valence-electron chi connectivity index (χ3n) is 3.46. The van der Waals surface area contributed by atoms with Crippen molar-refractivity contribution in [2.75, 3.05) is 0 Å². The van der Waals surface area contributed by atoms with Crippen LogP contribution < -0.4 is 0 Å². The maximum atomic E-state index is 3.59. The summed E-state index contributed by atoms with van der Waals surface area (Å²) in [6.45, 7) is 6.68. The predicted molar refractivity (Wildman–Crippen MR) is 92.3 cm³/mol. The summed E-state index contributed by atoms with van der Waals surface area (Å²) >= 11 is 5.52. The minimum absolute atomic E-state index is 0.126. The van der Waals surface area contributed by atoms with Gasteiger partial charge in [0.05, 0.1) is 0 Å². The highest BCUT2D eigenvalue weighted by Gasteiger charge is 2.26. The number of aryl methyl sites for hydroxylation is 1. The molecule has 2 aromatic rings. The van der Waals surface area contributed by atoms with Crippen LogP contribution in [0.1, 0.15) is 30.5 Å². The Morgan fingerprint density at radius 1 is 1.00 bits per heavy atom. The average Bonchev–Trinajstić information content (AvgIpc) is 2.39. The van der Waals surface area contributed by atoms with Gasteiger partial charge in [-0.25, -0.2) is 0 Å². The van der Waals surface area contributed by atoms with Gasteiger partial charge >= 0.3 is 0 Å². The molecule has 0 atom stereocenters. The number of hydrogen-bond acceptors (Lipinski definition) is 1. The summed E-state index contributed by atoms with van der Waals surface area (Å²) in [5.74, 6) is 0. The zero-order valence-electron chi connectivity index (χ0n) is 11.9. The molecular weight excluding hydrogens is 328 g/mol. The molecule has 1 heterocycles. The predicted octanol–water partition coefficient (Wildman–Crippen LogP) is 6.07. The summed E-state index contributed by atoms with van der Waals surface area (Å²) in [6.07, 6.45) is 2.39. The Morgan fingerprint density at radius 3 is 2.40 bits per heavy atom. The SMILES string of the molecule is Cc1ccc(C2=CC(C)(C)Sc3ccc(Br)cc32)cc1. The van der Waals surface area contributed by atoms with Crippen molar-refractivity contribution in [3.8, 4) is 0 Å². The fraction of sp³-hybridized carbons (Fsp3) is 0.222. The van der Waals surface area contributed by atoms with Gasteiger partial charge in [0.2, 0.25) is 0 Å². The number of benzene rings is 2. The lowest BCUT2D eigenvalue weighted by Crippen LogP contribution is -2.16. The molecule has 2 heteroatoms. The lowest BCUT2D eigenvalue weighted by Gasteiger charge is -2.29. The van der Waals surface area contributed by atoms with E-state index in [1.54, 1.807) is 0 Å². The van der Waals surface area contributed by atoms with Gasteiger partial charge in [0.25, 0.3) is 0 Å². The summed E-state index contributed by atoms with van der Waals surface area (Å²) in [5, 5.41) is 0. The molecule has 0 radical (unpaired) electrons. The second-order valence-corrected chi connectivity index (χ2v) is 8.38. The normalized spacial score (nSPS) is 16.5. The summed E-state index contributed by atoms with van der Waals surface area (Å²) < 4.78 is 1.26. The molecule has 0 saturated heterocycles. The van der Waals surface area contributed by atoms with Crippen molar-refractivity contribution in [2.45, 2.75) is 30.4 Å². The Kier molecular flexibility index (Phi) is 3.55. The Bertz CT molecular complexity index is 681. The van der Waals surface area contributed by atoms with E-state index in [1.165, 1.54) is 27.2 Å². The van der Waals surface area contributed by atoms with Gasteiger partial charge in [0, 0.05) is 14.1 Å². The molecule has 0 nitrogen and oxygen atoms in total. The van der Waals surface area contributed by atoms with Crippen LogP contribution in [-0.4, -0.2) is 4.75 Å². The molecule has 0 N–H and O–H groups in total. The first-order valence-corrected chi connectivity index (χ1v) is 8.34. The molecular formula is C18H17BrS. The number of rotatable bonds is 1. The highest BCUT2D eigenvalue weighted by molar-refractivity contribution is 9.10.